The molecular formula is C26H26O12. The lowest BCUT2D eigenvalue weighted by molar-refractivity contribution is -0.201. The molecule has 0 unspecified atom stereocenters. The Morgan fingerprint density at radius 2 is 1.50 bits per heavy atom. The smallest absolute Gasteiger partial charge is 0.335 e. The molecule has 1 fully saturated rings. The quantitative estimate of drug-likeness (QED) is 0.105. The van der Waals surface area contributed by atoms with E-state index < -0.39 is 66.8 Å². The van der Waals surface area contributed by atoms with Gasteiger partial charge < -0.3 is 45.2 Å². The highest BCUT2D eigenvalue weighted by Gasteiger charge is 2.51. The van der Waals surface area contributed by atoms with Gasteiger partial charge in [0.05, 0.1) is 12.7 Å². The molecule has 1 aliphatic rings. The van der Waals surface area contributed by atoms with Gasteiger partial charge in [-0.3, -0.25) is 4.79 Å². The minimum Gasteiger partial charge on any atom is -0.504 e. The van der Waals surface area contributed by atoms with Crippen LogP contribution in [0.4, 0.5) is 0 Å². The number of phenolic OH excluding ortho intramolecular Hbond substituents is 4. The van der Waals surface area contributed by atoms with Crippen molar-refractivity contribution in [1.82, 2.24) is 0 Å². The minimum atomic E-state index is -2.41. The zero-order valence-electron chi connectivity index (χ0n) is 19.8. The molecule has 0 aliphatic heterocycles. The SMILES string of the molecule is O=C/C(=C\c1ccc(O)c(O)c1)CO[C@@H]1C[C@@](O)(C(=O)O)C[C@@H](OC(=O)/C=C/c2ccc(O)c(O)c2)[C@@H]1O. The second-order valence-electron chi connectivity index (χ2n) is 8.73. The van der Waals surface area contributed by atoms with Crippen LogP contribution in [0.15, 0.2) is 48.0 Å². The molecule has 2 aromatic rings. The van der Waals surface area contributed by atoms with Crippen molar-refractivity contribution in [3.8, 4) is 23.0 Å². The van der Waals surface area contributed by atoms with E-state index in [1.807, 2.05) is 0 Å². The fourth-order valence-electron chi connectivity index (χ4n) is 3.83. The molecule has 12 heteroatoms. The van der Waals surface area contributed by atoms with Gasteiger partial charge in [0.15, 0.2) is 28.6 Å². The number of aliphatic hydroxyl groups excluding tert-OH is 1. The summed E-state index contributed by atoms with van der Waals surface area (Å²) in [6.07, 6.45) is -1.64. The molecule has 3 rings (SSSR count). The van der Waals surface area contributed by atoms with E-state index in [1.54, 1.807) is 0 Å². The maximum Gasteiger partial charge on any atom is 0.335 e. The zero-order chi connectivity index (χ0) is 28.0. The van der Waals surface area contributed by atoms with Gasteiger partial charge >= 0.3 is 11.9 Å². The number of carbonyl (C=O) groups is 3. The first-order valence-electron chi connectivity index (χ1n) is 11.3. The molecule has 0 bridgehead atoms. The van der Waals surface area contributed by atoms with Crippen molar-refractivity contribution < 1.29 is 59.6 Å². The molecule has 38 heavy (non-hydrogen) atoms. The number of carbonyl (C=O) groups excluding carboxylic acids is 2. The van der Waals surface area contributed by atoms with Gasteiger partial charge in [-0.25, -0.2) is 9.59 Å². The van der Waals surface area contributed by atoms with Crippen LogP contribution in [0.3, 0.4) is 0 Å². The Morgan fingerprint density at radius 1 is 0.921 bits per heavy atom. The largest absolute Gasteiger partial charge is 0.504 e. The van der Waals surface area contributed by atoms with Crippen LogP contribution >= 0.6 is 0 Å². The fraction of sp³-hybridized carbons (Fsp3) is 0.269. The van der Waals surface area contributed by atoms with Crippen molar-refractivity contribution in [2.75, 3.05) is 6.61 Å². The molecule has 0 radical (unpaired) electrons. The summed E-state index contributed by atoms with van der Waals surface area (Å²) in [4.78, 5) is 35.6. The highest BCUT2D eigenvalue weighted by Crippen LogP contribution is 2.34. The number of hydrogen-bond donors (Lipinski definition) is 7. The molecule has 0 saturated heterocycles. The number of aliphatic carboxylic acids is 1. The van der Waals surface area contributed by atoms with E-state index in [9.17, 15) is 50.1 Å². The normalized spacial score (nSPS) is 23.7. The molecule has 1 aliphatic carbocycles. The Labute approximate surface area is 215 Å². The minimum absolute atomic E-state index is 0.0281. The second kappa shape index (κ2) is 11.8. The molecule has 0 heterocycles. The van der Waals surface area contributed by atoms with Crippen molar-refractivity contribution in [3.63, 3.8) is 0 Å². The van der Waals surface area contributed by atoms with Crippen LogP contribution in [0.5, 0.6) is 23.0 Å². The van der Waals surface area contributed by atoms with Gasteiger partial charge in [0.1, 0.15) is 18.5 Å². The monoisotopic (exact) mass is 530 g/mol. The summed E-state index contributed by atoms with van der Waals surface area (Å²) in [5.74, 6) is -4.17. The van der Waals surface area contributed by atoms with Gasteiger partial charge in [-0.05, 0) is 47.5 Å². The zero-order valence-corrected chi connectivity index (χ0v) is 19.8. The van der Waals surface area contributed by atoms with Gasteiger partial charge in [0.2, 0.25) is 0 Å². The third kappa shape index (κ3) is 6.88. The lowest BCUT2D eigenvalue weighted by Crippen LogP contribution is -2.57. The first-order valence-corrected chi connectivity index (χ1v) is 11.3. The van der Waals surface area contributed by atoms with Gasteiger partial charge in [-0.15, -0.1) is 0 Å². The molecule has 2 aromatic carbocycles. The fourth-order valence-corrected chi connectivity index (χ4v) is 3.83. The molecule has 0 aromatic heterocycles. The number of carboxylic acid groups (broad SMARTS) is 1. The Bertz CT molecular complexity index is 1270. The number of phenols is 4. The van der Waals surface area contributed by atoms with Crippen LogP contribution in [-0.4, -0.2) is 84.5 Å². The standard InChI is InChI=1S/C26H26O12/c27-12-16(7-15-2-5-18(29)20(31)9-15)13-37-21-10-26(36,25(34)35)11-22(24(21)33)38-23(32)6-3-14-1-4-17(28)19(30)8-14/h1-9,12,21-22,24,28-31,33,36H,10-11,13H2,(H,34,35)/b6-3+,16-7+/t21-,22-,24-,26+/m1/s1. The van der Waals surface area contributed by atoms with Crippen molar-refractivity contribution in [2.24, 2.45) is 0 Å². The summed E-state index contributed by atoms with van der Waals surface area (Å²) in [6, 6.07) is 7.60. The number of carboxylic acids is 1. The summed E-state index contributed by atoms with van der Waals surface area (Å²) in [5.41, 5.74) is -1.70. The van der Waals surface area contributed by atoms with E-state index in [-0.39, 0.29) is 17.1 Å². The lowest BCUT2D eigenvalue weighted by atomic mass is 9.79. The Hall–Kier alpha value is -4.39. The molecule has 0 amide bonds. The molecule has 4 atom stereocenters. The van der Waals surface area contributed by atoms with E-state index in [2.05, 4.69) is 0 Å². The highest BCUT2D eigenvalue weighted by atomic mass is 16.6. The van der Waals surface area contributed by atoms with E-state index in [0.29, 0.717) is 17.4 Å². The van der Waals surface area contributed by atoms with E-state index in [0.717, 1.165) is 6.08 Å². The average molecular weight is 530 g/mol. The van der Waals surface area contributed by atoms with Crippen LogP contribution < -0.4 is 0 Å². The van der Waals surface area contributed by atoms with E-state index in [4.69, 9.17) is 9.47 Å². The van der Waals surface area contributed by atoms with Gasteiger partial charge in [0.25, 0.3) is 0 Å². The molecule has 0 spiro atoms. The van der Waals surface area contributed by atoms with Crippen LogP contribution in [0, 0.1) is 0 Å². The number of hydrogen-bond acceptors (Lipinski definition) is 11. The lowest BCUT2D eigenvalue weighted by Gasteiger charge is -2.41. The number of aromatic hydroxyl groups is 4. The Balaban J connectivity index is 1.73. The number of ether oxygens (including phenoxy) is 2. The Morgan fingerprint density at radius 3 is 2.08 bits per heavy atom. The van der Waals surface area contributed by atoms with Gasteiger partial charge in [-0.2, -0.15) is 0 Å². The maximum absolute atomic E-state index is 12.3. The second-order valence-corrected chi connectivity index (χ2v) is 8.73. The number of aldehydes is 1. The number of aliphatic hydroxyl groups is 2. The predicted octanol–water partition coefficient (Wildman–Crippen LogP) is 1.07. The summed E-state index contributed by atoms with van der Waals surface area (Å²) in [7, 11) is 0. The van der Waals surface area contributed by atoms with Gasteiger partial charge in [0, 0.05) is 24.5 Å². The van der Waals surface area contributed by atoms with Crippen LogP contribution in [0.25, 0.3) is 12.2 Å². The molecule has 202 valence electrons. The first kappa shape index (κ1) is 28.2. The predicted molar refractivity (Wildman–Crippen MR) is 130 cm³/mol. The van der Waals surface area contributed by atoms with Crippen molar-refractivity contribution >= 4 is 30.4 Å². The third-order valence-electron chi connectivity index (χ3n) is 5.88. The number of esters is 1. The first-order chi connectivity index (χ1) is 17.9. The van der Waals surface area contributed by atoms with Crippen molar-refractivity contribution in [3.05, 3.63) is 59.2 Å². The number of rotatable bonds is 9. The van der Waals surface area contributed by atoms with Crippen LogP contribution in [-0.2, 0) is 23.9 Å². The van der Waals surface area contributed by atoms with Crippen LogP contribution in [0.2, 0.25) is 0 Å². The summed E-state index contributed by atoms with van der Waals surface area (Å²) in [6.45, 7) is -0.423. The molecular weight excluding hydrogens is 504 g/mol. The van der Waals surface area contributed by atoms with Crippen LogP contribution in [0.1, 0.15) is 24.0 Å². The van der Waals surface area contributed by atoms with Gasteiger partial charge in [-0.1, -0.05) is 12.1 Å². The molecule has 7 N–H and O–H groups in total. The molecule has 12 nitrogen and oxygen atoms in total. The highest BCUT2D eigenvalue weighted by molar-refractivity contribution is 5.87. The average Bonchev–Trinajstić information content (AvgIpc) is 2.87. The van der Waals surface area contributed by atoms with Crippen molar-refractivity contribution in [1.29, 1.82) is 0 Å². The maximum atomic E-state index is 12.3. The third-order valence-corrected chi connectivity index (χ3v) is 5.88. The summed E-state index contributed by atoms with van der Waals surface area (Å²) < 4.78 is 10.7. The summed E-state index contributed by atoms with van der Waals surface area (Å²) >= 11 is 0. The van der Waals surface area contributed by atoms with Crippen molar-refractivity contribution in [2.45, 2.75) is 36.8 Å². The van der Waals surface area contributed by atoms with E-state index in [1.165, 1.54) is 48.6 Å². The summed E-state index contributed by atoms with van der Waals surface area (Å²) in [5, 5.41) is 68.8. The van der Waals surface area contributed by atoms with E-state index >= 15 is 0 Å². The molecule has 1 saturated carbocycles. The number of benzene rings is 2. The topological polar surface area (TPSA) is 211 Å². The Kier molecular flexibility index (Phi) is 8.73.